The molecule has 3 aromatic rings. The number of aromatic nitrogens is 3. The summed E-state index contributed by atoms with van der Waals surface area (Å²) in [6, 6.07) is 6.02. The highest BCUT2D eigenvalue weighted by Crippen LogP contribution is 2.40. The Hall–Kier alpha value is -2.72. The Kier molecular flexibility index (Phi) is 5.87. The summed E-state index contributed by atoms with van der Waals surface area (Å²) in [5, 5.41) is 15.3. The Morgan fingerprint density at radius 3 is 2.70 bits per heavy atom. The molecule has 1 aliphatic rings. The van der Waals surface area contributed by atoms with Gasteiger partial charge in [0.1, 0.15) is 5.82 Å². The van der Waals surface area contributed by atoms with Gasteiger partial charge in [0, 0.05) is 32.6 Å². The third-order valence-electron chi connectivity index (χ3n) is 5.18. The zero-order valence-corrected chi connectivity index (χ0v) is 17.7. The molecule has 1 fully saturated rings. The standard InChI is InChI=1S/C20H24FN5O3S/c1-3-15-22-19-26(23-15)18(27)17(30-19)16(13-6-5-7-14(21)12-13)24-8-10-25(11-9-24)20(28)29-4-2/h5-7,12,16,27H,3-4,8-11H2,1-2H3/t16-/m1/s1. The van der Waals surface area contributed by atoms with Gasteiger partial charge in [0.25, 0.3) is 0 Å². The number of carbonyl (C=O) groups excluding carboxylic acids is 1. The molecule has 1 saturated heterocycles. The molecule has 8 nitrogen and oxygen atoms in total. The van der Waals surface area contributed by atoms with E-state index in [0.29, 0.717) is 54.9 Å². The first-order valence-corrected chi connectivity index (χ1v) is 10.8. The lowest BCUT2D eigenvalue weighted by Gasteiger charge is -2.38. The molecule has 3 heterocycles. The maximum Gasteiger partial charge on any atom is 0.409 e. The number of benzene rings is 1. The number of amides is 1. The first-order valence-electron chi connectivity index (χ1n) is 10.00. The molecule has 1 aliphatic heterocycles. The van der Waals surface area contributed by atoms with Crippen LogP contribution in [0.2, 0.25) is 0 Å². The van der Waals surface area contributed by atoms with Crippen LogP contribution in [0.3, 0.4) is 0 Å². The fourth-order valence-corrected chi connectivity index (χ4v) is 4.84. The van der Waals surface area contributed by atoms with Crippen molar-refractivity contribution in [2.24, 2.45) is 0 Å². The van der Waals surface area contributed by atoms with Gasteiger partial charge in [-0.05, 0) is 24.6 Å². The van der Waals surface area contributed by atoms with Crippen molar-refractivity contribution in [3.8, 4) is 5.88 Å². The molecule has 4 rings (SSSR count). The second-order valence-electron chi connectivity index (χ2n) is 7.05. The monoisotopic (exact) mass is 433 g/mol. The maximum absolute atomic E-state index is 14.0. The van der Waals surface area contributed by atoms with E-state index in [2.05, 4.69) is 15.0 Å². The number of hydrogen-bond acceptors (Lipinski definition) is 7. The lowest BCUT2D eigenvalue weighted by molar-refractivity contribution is 0.0715. The predicted octanol–water partition coefficient (Wildman–Crippen LogP) is 3.06. The number of aryl methyl sites for hydroxylation is 1. The fraction of sp³-hybridized carbons (Fsp3) is 0.450. The van der Waals surface area contributed by atoms with Crippen molar-refractivity contribution in [2.75, 3.05) is 32.8 Å². The van der Waals surface area contributed by atoms with Crippen LogP contribution >= 0.6 is 11.3 Å². The maximum atomic E-state index is 14.0. The largest absolute Gasteiger partial charge is 0.492 e. The van der Waals surface area contributed by atoms with E-state index in [1.165, 1.54) is 28.0 Å². The summed E-state index contributed by atoms with van der Waals surface area (Å²) in [6.07, 6.45) is 0.347. The van der Waals surface area contributed by atoms with Crippen molar-refractivity contribution in [2.45, 2.75) is 26.3 Å². The van der Waals surface area contributed by atoms with Crippen LogP contribution in [0.5, 0.6) is 5.88 Å². The number of thiazole rings is 1. The van der Waals surface area contributed by atoms with Crippen molar-refractivity contribution < 1.29 is 19.0 Å². The molecule has 1 atom stereocenters. The fourth-order valence-electron chi connectivity index (χ4n) is 3.70. The Morgan fingerprint density at radius 2 is 2.07 bits per heavy atom. The van der Waals surface area contributed by atoms with E-state index in [4.69, 9.17) is 4.74 Å². The molecule has 0 bridgehead atoms. The summed E-state index contributed by atoms with van der Waals surface area (Å²) in [7, 11) is 0. The summed E-state index contributed by atoms with van der Waals surface area (Å²) in [4.78, 5) is 21.5. The second kappa shape index (κ2) is 8.57. The normalized spacial score (nSPS) is 16.2. The smallest absolute Gasteiger partial charge is 0.409 e. The van der Waals surface area contributed by atoms with Crippen molar-refractivity contribution in [3.05, 3.63) is 46.3 Å². The molecule has 0 aliphatic carbocycles. The predicted molar refractivity (Wildman–Crippen MR) is 110 cm³/mol. The average molecular weight is 434 g/mol. The molecular formula is C20H24FN5O3S. The van der Waals surface area contributed by atoms with Gasteiger partial charge < -0.3 is 14.7 Å². The Bertz CT molecular complexity index is 1040. The van der Waals surface area contributed by atoms with E-state index in [1.807, 2.05) is 13.0 Å². The van der Waals surface area contributed by atoms with Crippen molar-refractivity contribution in [1.29, 1.82) is 0 Å². The first-order chi connectivity index (χ1) is 14.5. The summed E-state index contributed by atoms with van der Waals surface area (Å²) in [5.74, 6) is 0.340. The van der Waals surface area contributed by atoms with Gasteiger partial charge in [-0.3, -0.25) is 4.90 Å². The van der Waals surface area contributed by atoms with Crippen LogP contribution in [0.15, 0.2) is 24.3 Å². The van der Waals surface area contributed by atoms with Crippen LogP contribution in [-0.2, 0) is 11.2 Å². The first kappa shape index (κ1) is 20.5. The van der Waals surface area contributed by atoms with Gasteiger partial charge in [0.05, 0.1) is 17.5 Å². The van der Waals surface area contributed by atoms with Gasteiger partial charge in [0.2, 0.25) is 10.8 Å². The van der Waals surface area contributed by atoms with Crippen molar-refractivity contribution in [1.82, 2.24) is 24.4 Å². The van der Waals surface area contributed by atoms with Gasteiger partial charge in [-0.1, -0.05) is 30.4 Å². The molecule has 1 N–H and O–H groups in total. The minimum absolute atomic E-state index is 0.0179. The van der Waals surface area contributed by atoms with Crippen LogP contribution in [-0.4, -0.2) is 68.4 Å². The second-order valence-corrected chi connectivity index (χ2v) is 8.05. The van der Waals surface area contributed by atoms with E-state index in [1.54, 1.807) is 17.9 Å². The van der Waals surface area contributed by atoms with Gasteiger partial charge in [-0.15, -0.1) is 5.10 Å². The van der Waals surface area contributed by atoms with E-state index in [-0.39, 0.29) is 23.8 Å². The van der Waals surface area contributed by atoms with E-state index in [0.717, 1.165) is 5.56 Å². The summed E-state index contributed by atoms with van der Waals surface area (Å²) >= 11 is 1.35. The van der Waals surface area contributed by atoms with Crippen LogP contribution in [0.1, 0.15) is 36.2 Å². The zero-order chi connectivity index (χ0) is 21.3. The molecule has 1 amide bonds. The molecule has 10 heteroatoms. The van der Waals surface area contributed by atoms with Crippen LogP contribution in [0.4, 0.5) is 9.18 Å². The van der Waals surface area contributed by atoms with Crippen LogP contribution < -0.4 is 0 Å². The Morgan fingerprint density at radius 1 is 1.30 bits per heavy atom. The molecule has 1 aromatic carbocycles. The highest BCUT2D eigenvalue weighted by atomic mass is 32.1. The SMILES string of the molecule is CCOC(=O)N1CCN([C@H](c2cccc(F)c2)c2sc3nc(CC)nn3c2O)CC1. The van der Waals surface area contributed by atoms with Crippen LogP contribution in [0, 0.1) is 5.82 Å². The molecule has 0 unspecified atom stereocenters. The highest BCUT2D eigenvalue weighted by molar-refractivity contribution is 7.17. The van der Waals surface area contributed by atoms with Gasteiger partial charge in [-0.25, -0.2) is 14.2 Å². The zero-order valence-electron chi connectivity index (χ0n) is 16.9. The highest BCUT2D eigenvalue weighted by Gasteiger charge is 2.33. The number of hydrogen-bond donors (Lipinski definition) is 1. The summed E-state index contributed by atoms with van der Waals surface area (Å²) < 4.78 is 20.6. The summed E-state index contributed by atoms with van der Waals surface area (Å²) in [6.45, 7) is 6.18. The molecule has 2 aromatic heterocycles. The molecule has 0 radical (unpaired) electrons. The number of carbonyl (C=O) groups is 1. The minimum Gasteiger partial charge on any atom is -0.492 e. The van der Waals surface area contributed by atoms with Gasteiger partial charge in [-0.2, -0.15) is 4.52 Å². The number of rotatable bonds is 5. The number of ether oxygens (including phenoxy) is 1. The van der Waals surface area contributed by atoms with Crippen LogP contribution in [0.25, 0.3) is 4.96 Å². The molecular weight excluding hydrogens is 409 g/mol. The minimum atomic E-state index is -0.372. The third-order valence-corrected chi connectivity index (χ3v) is 6.25. The Balaban J connectivity index is 1.67. The van der Waals surface area contributed by atoms with Crippen molar-refractivity contribution in [3.63, 3.8) is 0 Å². The number of fused-ring (bicyclic) bond motifs is 1. The van der Waals surface area contributed by atoms with E-state index in [9.17, 15) is 14.3 Å². The lowest BCUT2D eigenvalue weighted by atomic mass is 10.0. The van der Waals surface area contributed by atoms with E-state index >= 15 is 0 Å². The third kappa shape index (κ3) is 3.84. The van der Waals surface area contributed by atoms with E-state index < -0.39 is 0 Å². The van der Waals surface area contributed by atoms with Crippen molar-refractivity contribution >= 4 is 22.4 Å². The molecule has 0 spiro atoms. The van der Waals surface area contributed by atoms with Gasteiger partial charge >= 0.3 is 6.09 Å². The van der Waals surface area contributed by atoms with Gasteiger partial charge in [0.15, 0.2) is 5.82 Å². The number of halogens is 1. The summed E-state index contributed by atoms with van der Waals surface area (Å²) in [5.41, 5.74) is 0.732. The number of piperazine rings is 1. The number of aromatic hydroxyl groups is 1. The number of nitrogens with zero attached hydrogens (tertiary/aromatic N) is 5. The lowest BCUT2D eigenvalue weighted by Crippen LogP contribution is -2.49. The topological polar surface area (TPSA) is 83.2 Å². The molecule has 0 saturated carbocycles. The Labute approximate surface area is 177 Å². The molecule has 30 heavy (non-hydrogen) atoms. The molecule has 160 valence electrons. The average Bonchev–Trinajstić information content (AvgIpc) is 3.28. The quantitative estimate of drug-likeness (QED) is 0.666.